The molecule has 0 atom stereocenters. The summed E-state index contributed by atoms with van der Waals surface area (Å²) in [4.78, 5) is 25.6. The van der Waals surface area contributed by atoms with Crippen LogP contribution in [0, 0.1) is 0 Å². The Morgan fingerprint density at radius 1 is 1.41 bits per heavy atom. The van der Waals surface area contributed by atoms with E-state index >= 15 is 0 Å². The van der Waals surface area contributed by atoms with Crippen molar-refractivity contribution in [2.45, 2.75) is 13.3 Å². The maximum Gasteiger partial charge on any atom is 0.307 e. The number of esters is 1. The van der Waals surface area contributed by atoms with Gasteiger partial charge in [-0.05, 0) is 30.7 Å². The Labute approximate surface area is 137 Å². The second-order valence-electron chi connectivity index (χ2n) is 4.48. The predicted molar refractivity (Wildman–Crippen MR) is 89.2 cm³/mol. The molecule has 0 bridgehead atoms. The number of hydrogen-bond acceptors (Lipinski definition) is 6. The first-order chi connectivity index (χ1) is 10.5. The topological polar surface area (TPSA) is 66.8 Å². The van der Waals surface area contributed by atoms with E-state index in [1.165, 1.54) is 16.7 Å². The fraction of sp³-hybridized carbons (Fsp3) is 0.267. The van der Waals surface area contributed by atoms with Crippen LogP contribution in [0.5, 0.6) is 5.75 Å². The Hall–Kier alpha value is -1.86. The molecule has 1 N–H and O–H groups in total. The summed E-state index contributed by atoms with van der Waals surface area (Å²) < 4.78 is 5.27. The minimum atomic E-state index is -0.348. The van der Waals surface area contributed by atoms with E-state index in [9.17, 15) is 14.7 Å². The Morgan fingerprint density at radius 3 is 2.73 bits per heavy atom. The van der Waals surface area contributed by atoms with Crippen LogP contribution in [-0.2, 0) is 14.3 Å². The van der Waals surface area contributed by atoms with Crippen molar-refractivity contribution >= 4 is 46.3 Å². The number of thioether (sulfide) groups is 1. The van der Waals surface area contributed by atoms with Crippen LogP contribution in [0.15, 0.2) is 29.2 Å². The monoisotopic (exact) mass is 337 g/mol. The van der Waals surface area contributed by atoms with Crippen LogP contribution in [0.25, 0.3) is 6.08 Å². The molecule has 0 aliphatic carbocycles. The number of carbonyl (C=O) groups is 2. The van der Waals surface area contributed by atoms with Crippen molar-refractivity contribution in [1.29, 1.82) is 0 Å². The average Bonchev–Trinajstić information content (AvgIpc) is 2.74. The second kappa shape index (κ2) is 7.42. The number of phenolic OH excluding ortho intramolecular Hbond substituents is 1. The molecule has 1 aliphatic heterocycles. The van der Waals surface area contributed by atoms with Gasteiger partial charge in [0.1, 0.15) is 10.1 Å². The van der Waals surface area contributed by atoms with Crippen molar-refractivity contribution in [2.24, 2.45) is 0 Å². The molecule has 5 nitrogen and oxygen atoms in total. The van der Waals surface area contributed by atoms with Gasteiger partial charge in [-0.25, -0.2) is 0 Å². The summed E-state index contributed by atoms with van der Waals surface area (Å²) in [5.41, 5.74) is 0.795. The minimum Gasteiger partial charge on any atom is -0.508 e. The van der Waals surface area contributed by atoms with Crippen LogP contribution in [0.2, 0.25) is 0 Å². The number of thiocarbonyl (C=S) groups is 1. The maximum atomic E-state index is 12.3. The molecule has 22 heavy (non-hydrogen) atoms. The molecule has 1 saturated heterocycles. The first-order valence-corrected chi connectivity index (χ1v) is 7.93. The molecule has 1 aromatic rings. The van der Waals surface area contributed by atoms with Gasteiger partial charge in [0.05, 0.1) is 17.9 Å². The van der Waals surface area contributed by atoms with E-state index in [2.05, 4.69) is 0 Å². The summed E-state index contributed by atoms with van der Waals surface area (Å²) in [5.74, 6) is -0.398. The Bertz CT molecular complexity index is 625. The van der Waals surface area contributed by atoms with Gasteiger partial charge in [-0.15, -0.1) is 0 Å². The molecule has 1 aromatic carbocycles. The van der Waals surface area contributed by atoms with E-state index in [0.717, 1.165) is 5.56 Å². The Kier molecular flexibility index (Phi) is 5.57. The van der Waals surface area contributed by atoms with Gasteiger partial charge in [0.25, 0.3) is 5.91 Å². The van der Waals surface area contributed by atoms with Crippen molar-refractivity contribution in [3.8, 4) is 5.75 Å². The predicted octanol–water partition coefficient (Wildman–Crippen LogP) is 2.55. The maximum absolute atomic E-state index is 12.3. The number of ether oxygens (including phenoxy) is 1. The molecule has 0 unspecified atom stereocenters. The minimum absolute atomic E-state index is 0.118. The zero-order valence-electron chi connectivity index (χ0n) is 11.9. The SMILES string of the molecule is CCOC(=O)CCN1C(=O)/C(=C/c2ccc(O)cc2)SC1=S. The third-order valence-electron chi connectivity index (χ3n) is 2.91. The Balaban J connectivity index is 2.05. The van der Waals surface area contributed by atoms with Gasteiger partial charge < -0.3 is 9.84 Å². The van der Waals surface area contributed by atoms with Crippen molar-refractivity contribution in [3.05, 3.63) is 34.7 Å². The molecular weight excluding hydrogens is 322 g/mol. The molecule has 2 rings (SSSR count). The number of phenols is 1. The molecule has 7 heteroatoms. The van der Waals surface area contributed by atoms with E-state index < -0.39 is 0 Å². The Morgan fingerprint density at radius 2 is 2.09 bits per heavy atom. The van der Waals surface area contributed by atoms with E-state index in [0.29, 0.717) is 15.8 Å². The lowest BCUT2D eigenvalue weighted by molar-refractivity contribution is -0.143. The lowest BCUT2D eigenvalue weighted by Gasteiger charge is -2.13. The molecule has 0 saturated carbocycles. The number of amides is 1. The van der Waals surface area contributed by atoms with Gasteiger partial charge in [-0.3, -0.25) is 14.5 Å². The van der Waals surface area contributed by atoms with Gasteiger partial charge in [0, 0.05) is 6.54 Å². The molecule has 116 valence electrons. The van der Waals surface area contributed by atoms with Crippen LogP contribution < -0.4 is 0 Å². The number of hydrogen-bond donors (Lipinski definition) is 1. The third-order valence-corrected chi connectivity index (χ3v) is 4.29. The molecule has 0 spiro atoms. The lowest BCUT2D eigenvalue weighted by Crippen LogP contribution is -2.30. The molecule has 1 amide bonds. The van der Waals surface area contributed by atoms with Crippen LogP contribution in [0.3, 0.4) is 0 Å². The van der Waals surface area contributed by atoms with Crippen molar-refractivity contribution < 1.29 is 19.4 Å². The standard InChI is InChI=1S/C15H15NO4S2/c1-2-20-13(18)7-8-16-14(19)12(22-15(16)21)9-10-3-5-11(17)6-4-10/h3-6,9,17H,2,7-8H2,1H3/b12-9-. The molecule has 0 radical (unpaired) electrons. The number of nitrogens with zero attached hydrogens (tertiary/aromatic N) is 1. The molecule has 1 aliphatic rings. The number of aromatic hydroxyl groups is 1. The van der Waals surface area contributed by atoms with Crippen LogP contribution in [-0.4, -0.2) is 39.4 Å². The largest absolute Gasteiger partial charge is 0.508 e. The highest BCUT2D eigenvalue weighted by molar-refractivity contribution is 8.26. The highest BCUT2D eigenvalue weighted by atomic mass is 32.2. The summed E-state index contributed by atoms with van der Waals surface area (Å²) in [5, 5.41) is 9.25. The molecule has 0 aromatic heterocycles. The van der Waals surface area contributed by atoms with Crippen molar-refractivity contribution in [3.63, 3.8) is 0 Å². The zero-order chi connectivity index (χ0) is 16.1. The van der Waals surface area contributed by atoms with Crippen molar-refractivity contribution in [2.75, 3.05) is 13.2 Å². The second-order valence-corrected chi connectivity index (χ2v) is 6.16. The lowest BCUT2D eigenvalue weighted by atomic mass is 10.2. The summed E-state index contributed by atoms with van der Waals surface area (Å²) in [6.07, 6.45) is 1.83. The fourth-order valence-corrected chi connectivity index (χ4v) is 3.16. The number of benzene rings is 1. The van der Waals surface area contributed by atoms with E-state index in [-0.39, 0.29) is 30.6 Å². The summed E-state index contributed by atoms with van der Waals surface area (Å²) in [6.45, 7) is 2.27. The zero-order valence-corrected chi connectivity index (χ0v) is 13.6. The van der Waals surface area contributed by atoms with Crippen LogP contribution in [0.1, 0.15) is 18.9 Å². The van der Waals surface area contributed by atoms with Gasteiger partial charge in [-0.1, -0.05) is 36.1 Å². The summed E-state index contributed by atoms with van der Waals surface area (Å²) in [6, 6.07) is 6.52. The van der Waals surface area contributed by atoms with E-state index in [1.807, 2.05) is 0 Å². The first kappa shape index (κ1) is 16.5. The van der Waals surface area contributed by atoms with Gasteiger partial charge >= 0.3 is 5.97 Å². The van der Waals surface area contributed by atoms with Crippen molar-refractivity contribution in [1.82, 2.24) is 4.90 Å². The van der Waals surface area contributed by atoms with Gasteiger partial charge in [0.15, 0.2) is 0 Å². The highest BCUT2D eigenvalue weighted by Crippen LogP contribution is 2.32. The fourth-order valence-electron chi connectivity index (χ4n) is 1.85. The van der Waals surface area contributed by atoms with Crippen LogP contribution >= 0.6 is 24.0 Å². The summed E-state index contributed by atoms with van der Waals surface area (Å²) >= 11 is 6.38. The molecular formula is C15H15NO4S2. The van der Waals surface area contributed by atoms with E-state index in [4.69, 9.17) is 17.0 Å². The summed E-state index contributed by atoms with van der Waals surface area (Å²) in [7, 11) is 0. The van der Waals surface area contributed by atoms with E-state index in [1.54, 1.807) is 37.3 Å². The van der Waals surface area contributed by atoms with Gasteiger partial charge in [0.2, 0.25) is 0 Å². The average molecular weight is 337 g/mol. The molecule has 1 fully saturated rings. The van der Waals surface area contributed by atoms with Crippen LogP contribution in [0.4, 0.5) is 0 Å². The third kappa shape index (κ3) is 4.08. The number of carbonyl (C=O) groups excluding carboxylic acids is 2. The number of rotatable bonds is 5. The first-order valence-electron chi connectivity index (χ1n) is 6.71. The quantitative estimate of drug-likeness (QED) is 0.506. The molecule has 1 heterocycles. The normalized spacial score (nSPS) is 16.4. The smallest absolute Gasteiger partial charge is 0.307 e. The highest BCUT2D eigenvalue weighted by Gasteiger charge is 2.32. The van der Waals surface area contributed by atoms with Gasteiger partial charge in [-0.2, -0.15) is 0 Å².